The van der Waals surface area contributed by atoms with Gasteiger partial charge < -0.3 is 14.8 Å². The number of carbonyl (C=O) groups excluding carboxylic acids is 1. The van der Waals surface area contributed by atoms with Gasteiger partial charge in [-0.2, -0.15) is 0 Å². The number of halogens is 1. The highest BCUT2D eigenvalue weighted by molar-refractivity contribution is 9.10. The van der Waals surface area contributed by atoms with E-state index in [1.807, 2.05) is 68.4 Å². The van der Waals surface area contributed by atoms with Crippen LogP contribution in [0.1, 0.15) is 36.6 Å². The number of nitrogens with one attached hydrogen (secondary N) is 1. The Hall–Kier alpha value is -2.86. The van der Waals surface area contributed by atoms with Gasteiger partial charge in [-0.1, -0.05) is 46.3 Å². The number of aromatic nitrogens is 1. The topological polar surface area (TPSA) is 60.5 Å². The predicted octanol–water partition coefficient (Wildman–Crippen LogP) is 5.09. The summed E-state index contributed by atoms with van der Waals surface area (Å²) in [6.45, 7) is 4.90. The van der Waals surface area contributed by atoms with Gasteiger partial charge in [-0.3, -0.25) is 9.78 Å². The third-order valence-corrected chi connectivity index (χ3v) is 5.28. The number of amides is 1. The van der Waals surface area contributed by atoms with Gasteiger partial charge in [-0.05, 0) is 54.8 Å². The fourth-order valence-electron chi connectivity index (χ4n) is 3.19. The normalized spacial score (nSPS) is 11.6. The number of ether oxygens (including phenoxy) is 2. The molecular formula is C24H25BrN2O3. The Balaban J connectivity index is 1.83. The lowest BCUT2D eigenvalue weighted by molar-refractivity contribution is -0.120. The predicted molar refractivity (Wildman–Crippen MR) is 121 cm³/mol. The first kappa shape index (κ1) is 21.8. The lowest BCUT2D eigenvalue weighted by Gasteiger charge is -2.20. The van der Waals surface area contributed by atoms with Crippen molar-refractivity contribution >= 4 is 21.8 Å². The molecule has 0 aliphatic carbocycles. The minimum absolute atomic E-state index is 0.0898. The highest BCUT2D eigenvalue weighted by Gasteiger charge is 2.19. The van der Waals surface area contributed by atoms with Crippen molar-refractivity contribution in [1.29, 1.82) is 0 Å². The Morgan fingerprint density at radius 2 is 1.57 bits per heavy atom. The molecule has 1 unspecified atom stereocenters. The van der Waals surface area contributed by atoms with Gasteiger partial charge in [0.15, 0.2) is 11.5 Å². The lowest BCUT2D eigenvalue weighted by Crippen LogP contribution is -2.30. The van der Waals surface area contributed by atoms with Crippen LogP contribution in [0.25, 0.3) is 0 Å². The van der Waals surface area contributed by atoms with E-state index in [-0.39, 0.29) is 18.4 Å². The Morgan fingerprint density at radius 3 is 2.20 bits per heavy atom. The largest absolute Gasteiger partial charge is 0.490 e. The van der Waals surface area contributed by atoms with Crippen molar-refractivity contribution in [3.05, 3.63) is 88.2 Å². The highest BCUT2D eigenvalue weighted by Crippen LogP contribution is 2.34. The Kier molecular flexibility index (Phi) is 7.85. The van der Waals surface area contributed by atoms with Crippen LogP contribution in [-0.2, 0) is 11.2 Å². The number of hydrogen-bond acceptors (Lipinski definition) is 4. The van der Waals surface area contributed by atoms with E-state index >= 15 is 0 Å². The highest BCUT2D eigenvalue weighted by atomic mass is 79.9. The maximum atomic E-state index is 13.0. The molecule has 156 valence electrons. The van der Waals surface area contributed by atoms with E-state index in [4.69, 9.17) is 9.47 Å². The SMILES string of the molecule is CCOc1cc(Br)c(CC(=O)NC(c2ccccc2)c2ccncc2)cc1OCC. The summed E-state index contributed by atoms with van der Waals surface area (Å²) in [4.78, 5) is 17.1. The first-order valence-corrected chi connectivity index (χ1v) is 10.7. The molecule has 1 N–H and O–H groups in total. The number of nitrogens with zero attached hydrogens (tertiary/aromatic N) is 1. The average molecular weight is 469 g/mol. The van der Waals surface area contributed by atoms with E-state index in [1.165, 1.54) is 0 Å². The molecule has 2 aromatic carbocycles. The second-order valence-electron chi connectivity index (χ2n) is 6.62. The summed E-state index contributed by atoms with van der Waals surface area (Å²) in [6, 6.07) is 17.2. The van der Waals surface area contributed by atoms with E-state index in [1.54, 1.807) is 12.4 Å². The van der Waals surface area contributed by atoms with Crippen LogP contribution in [0.15, 0.2) is 71.5 Å². The van der Waals surface area contributed by atoms with Gasteiger partial charge in [0.25, 0.3) is 0 Å². The number of benzene rings is 2. The molecule has 1 heterocycles. The van der Waals surface area contributed by atoms with Gasteiger partial charge in [0.2, 0.25) is 5.91 Å². The van der Waals surface area contributed by atoms with Gasteiger partial charge in [-0.25, -0.2) is 0 Å². The van der Waals surface area contributed by atoms with Crippen LogP contribution in [0.4, 0.5) is 0 Å². The molecule has 0 radical (unpaired) electrons. The number of carbonyl (C=O) groups is 1. The lowest BCUT2D eigenvalue weighted by atomic mass is 9.99. The zero-order valence-electron chi connectivity index (χ0n) is 17.1. The van der Waals surface area contributed by atoms with Crippen LogP contribution in [0.3, 0.4) is 0 Å². The third kappa shape index (κ3) is 5.60. The van der Waals surface area contributed by atoms with Crippen molar-refractivity contribution in [2.24, 2.45) is 0 Å². The fraction of sp³-hybridized carbons (Fsp3) is 0.250. The van der Waals surface area contributed by atoms with E-state index < -0.39 is 0 Å². The number of rotatable bonds is 9. The fourth-order valence-corrected chi connectivity index (χ4v) is 3.66. The average Bonchev–Trinajstić information content (AvgIpc) is 2.76. The van der Waals surface area contributed by atoms with Crippen LogP contribution < -0.4 is 14.8 Å². The zero-order valence-corrected chi connectivity index (χ0v) is 18.7. The number of pyridine rings is 1. The second-order valence-corrected chi connectivity index (χ2v) is 7.48. The Labute approximate surface area is 185 Å². The summed E-state index contributed by atoms with van der Waals surface area (Å²) in [5.41, 5.74) is 2.82. The molecule has 0 aliphatic rings. The third-order valence-electron chi connectivity index (χ3n) is 4.54. The van der Waals surface area contributed by atoms with Crippen molar-refractivity contribution in [1.82, 2.24) is 10.3 Å². The summed E-state index contributed by atoms with van der Waals surface area (Å²) in [7, 11) is 0. The molecule has 0 saturated carbocycles. The van der Waals surface area contributed by atoms with Crippen LogP contribution in [0, 0.1) is 0 Å². The second kappa shape index (κ2) is 10.8. The molecule has 0 bridgehead atoms. The molecule has 30 heavy (non-hydrogen) atoms. The summed E-state index contributed by atoms with van der Waals surface area (Å²) in [6.07, 6.45) is 3.67. The summed E-state index contributed by atoms with van der Waals surface area (Å²) in [5.74, 6) is 1.21. The van der Waals surface area contributed by atoms with Crippen LogP contribution in [0.5, 0.6) is 11.5 Å². The van der Waals surface area contributed by atoms with Gasteiger partial charge >= 0.3 is 0 Å². The smallest absolute Gasteiger partial charge is 0.225 e. The molecule has 6 heteroatoms. The van der Waals surface area contributed by atoms with Crippen molar-refractivity contribution < 1.29 is 14.3 Å². The minimum atomic E-state index is -0.255. The standard InChI is InChI=1S/C24H25BrN2O3/c1-3-29-21-14-19(20(25)16-22(21)30-4-2)15-23(28)27-24(17-8-6-5-7-9-17)18-10-12-26-13-11-18/h5-14,16,24H,3-4,15H2,1-2H3,(H,27,28). The molecule has 3 rings (SSSR count). The first-order chi connectivity index (χ1) is 14.6. The molecule has 0 spiro atoms. The van der Waals surface area contributed by atoms with Crippen LogP contribution in [0.2, 0.25) is 0 Å². The number of hydrogen-bond donors (Lipinski definition) is 1. The molecular weight excluding hydrogens is 444 g/mol. The molecule has 1 aromatic heterocycles. The summed E-state index contributed by atoms with van der Waals surface area (Å²) < 4.78 is 12.2. The molecule has 0 fully saturated rings. The maximum absolute atomic E-state index is 13.0. The zero-order chi connectivity index (χ0) is 21.3. The van der Waals surface area contributed by atoms with E-state index in [0.29, 0.717) is 24.7 Å². The van der Waals surface area contributed by atoms with E-state index in [9.17, 15) is 4.79 Å². The summed E-state index contributed by atoms with van der Waals surface area (Å²) >= 11 is 3.56. The van der Waals surface area contributed by atoms with E-state index in [2.05, 4.69) is 26.2 Å². The Bertz CT molecular complexity index is 925. The van der Waals surface area contributed by atoms with Gasteiger partial charge in [0.05, 0.1) is 25.7 Å². The molecule has 0 aliphatic heterocycles. The van der Waals surface area contributed by atoms with Gasteiger partial charge in [0.1, 0.15) is 0 Å². The van der Waals surface area contributed by atoms with Crippen molar-refractivity contribution in [3.8, 4) is 11.5 Å². The monoisotopic (exact) mass is 468 g/mol. The van der Waals surface area contributed by atoms with Gasteiger partial charge in [0, 0.05) is 16.9 Å². The molecule has 1 atom stereocenters. The molecule has 3 aromatic rings. The minimum Gasteiger partial charge on any atom is -0.490 e. The van der Waals surface area contributed by atoms with Crippen LogP contribution >= 0.6 is 15.9 Å². The van der Waals surface area contributed by atoms with Crippen molar-refractivity contribution in [2.45, 2.75) is 26.3 Å². The summed E-state index contributed by atoms with van der Waals surface area (Å²) in [5, 5.41) is 3.16. The quantitative estimate of drug-likeness (QED) is 0.474. The maximum Gasteiger partial charge on any atom is 0.225 e. The van der Waals surface area contributed by atoms with Crippen molar-refractivity contribution in [3.63, 3.8) is 0 Å². The van der Waals surface area contributed by atoms with Crippen molar-refractivity contribution in [2.75, 3.05) is 13.2 Å². The van der Waals surface area contributed by atoms with E-state index in [0.717, 1.165) is 21.2 Å². The van der Waals surface area contributed by atoms with Crippen LogP contribution in [-0.4, -0.2) is 24.1 Å². The van der Waals surface area contributed by atoms with Gasteiger partial charge in [-0.15, -0.1) is 0 Å². The molecule has 5 nitrogen and oxygen atoms in total. The first-order valence-electron chi connectivity index (χ1n) is 9.94. The molecule has 1 amide bonds. The molecule has 0 saturated heterocycles. The Morgan fingerprint density at radius 1 is 0.967 bits per heavy atom.